The van der Waals surface area contributed by atoms with Crippen LogP contribution in [0.4, 0.5) is 0 Å². The number of carbonyl (C=O) groups is 1. The first-order chi connectivity index (χ1) is 8.25. The first-order valence-corrected chi connectivity index (χ1v) is 6.26. The second kappa shape index (κ2) is 7.90. The lowest BCUT2D eigenvalue weighted by Gasteiger charge is -2.05. The highest BCUT2D eigenvalue weighted by Gasteiger charge is 2.09. The normalized spacial score (nSPS) is 10.2. The summed E-state index contributed by atoms with van der Waals surface area (Å²) >= 11 is 5.56. The Morgan fingerprint density at radius 2 is 2.12 bits per heavy atom. The van der Waals surface area contributed by atoms with Gasteiger partial charge in [0.2, 0.25) is 0 Å². The van der Waals surface area contributed by atoms with Crippen LogP contribution in [-0.2, 0) is 0 Å². The summed E-state index contributed by atoms with van der Waals surface area (Å²) in [4.78, 5) is 15.3. The number of pyridine rings is 1. The highest BCUT2D eigenvalue weighted by atomic mass is 35.5. The number of aromatic hydroxyl groups is 1. The molecule has 1 aromatic heterocycles. The van der Waals surface area contributed by atoms with E-state index in [1.54, 1.807) is 0 Å². The number of nitrogens with one attached hydrogen (secondary N) is 1. The standard InChI is InChI=1S/C12H17ClN2O2/c13-6-3-1-2-4-7-15-12(17)10-5-8-14-9-11(10)16/h5,8-9,16H,1-4,6-7H2,(H,15,17). The summed E-state index contributed by atoms with van der Waals surface area (Å²) in [7, 11) is 0. The quantitative estimate of drug-likeness (QED) is 0.581. The molecule has 1 rings (SSSR count). The van der Waals surface area contributed by atoms with E-state index >= 15 is 0 Å². The van der Waals surface area contributed by atoms with Crippen LogP contribution >= 0.6 is 11.6 Å². The average Bonchev–Trinajstić information content (AvgIpc) is 2.34. The Bertz CT molecular complexity index is 358. The molecule has 0 atom stereocenters. The van der Waals surface area contributed by atoms with Crippen LogP contribution in [0.3, 0.4) is 0 Å². The third-order valence-electron chi connectivity index (χ3n) is 2.39. The van der Waals surface area contributed by atoms with Crippen molar-refractivity contribution in [2.24, 2.45) is 0 Å². The van der Waals surface area contributed by atoms with Gasteiger partial charge in [0.1, 0.15) is 5.75 Å². The summed E-state index contributed by atoms with van der Waals surface area (Å²) < 4.78 is 0. The maximum Gasteiger partial charge on any atom is 0.255 e. The van der Waals surface area contributed by atoms with Crippen molar-refractivity contribution in [3.63, 3.8) is 0 Å². The number of aromatic nitrogens is 1. The molecular weight excluding hydrogens is 240 g/mol. The average molecular weight is 257 g/mol. The Labute approximate surface area is 106 Å². The fourth-order valence-corrected chi connectivity index (χ4v) is 1.64. The molecular formula is C12H17ClN2O2. The summed E-state index contributed by atoms with van der Waals surface area (Å²) in [6.45, 7) is 0.614. The van der Waals surface area contributed by atoms with Crippen molar-refractivity contribution in [3.8, 4) is 5.75 Å². The smallest absolute Gasteiger partial charge is 0.255 e. The molecule has 0 fully saturated rings. The van der Waals surface area contributed by atoms with E-state index in [0.29, 0.717) is 12.4 Å². The van der Waals surface area contributed by atoms with Gasteiger partial charge in [-0.2, -0.15) is 0 Å². The molecule has 0 aromatic carbocycles. The van der Waals surface area contributed by atoms with Crippen LogP contribution in [0.5, 0.6) is 5.75 Å². The molecule has 1 aromatic rings. The van der Waals surface area contributed by atoms with Crippen LogP contribution in [0.15, 0.2) is 18.5 Å². The number of halogens is 1. The molecule has 0 aliphatic rings. The van der Waals surface area contributed by atoms with E-state index in [1.807, 2.05) is 0 Å². The predicted molar refractivity (Wildman–Crippen MR) is 67.4 cm³/mol. The van der Waals surface area contributed by atoms with Crippen LogP contribution in [0.25, 0.3) is 0 Å². The molecule has 0 saturated heterocycles. The maximum atomic E-state index is 11.6. The van der Waals surface area contributed by atoms with Crippen LogP contribution in [0.1, 0.15) is 36.0 Å². The van der Waals surface area contributed by atoms with Gasteiger partial charge in [-0.25, -0.2) is 0 Å². The first kappa shape index (κ1) is 13.8. The number of hydrogen-bond donors (Lipinski definition) is 2. The molecule has 0 radical (unpaired) electrons. The number of nitrogens with zero attached hydrogens (tertiary/aromatic N) is 1. The van der Waals surface area contributed by atoms with Crippen molar-refractivity contribution in [2.45, 2.75) is 25.7 Å². The molecule has 2 N–H and O–H groups in total. The maximum absolute atomic E-state index is 11.6. The zero-order valence-corrected chi connectivity index (χ0v) is 10.4. The van der Waals surface area contributed by atoms with Gasteiger partial charge in [0.15, 0.2) is 0 Å². The summed E-state index contributed by atoms with van der Waals surface area (Å²) in [6, 6.07) is 1.50. The lowest BCUT2D eigenvalue weighted by molar-refractivity contribution is 0.0950. The minimum atomic E-state index is -0.262. The second-order valence-electron chi connectivity index (χ2n) is 3.75. The molecule has 94 valence electrons. The van der Waals surface area contributed by atoms with Crippen molar-refractivity contribution in [1.29, 1.82) is 0 Å². The van der Waals surface area contributed by atoms with E-state index in [9.17, 15) is 9.90 Å². The molecule has 1 amide bonds. The molecule has 0 aliphatic carbocycles. The fraction of sp³-hybridized carbons (Fsp3) is 0.500. The number of alkyl halides is 1. The molecule has 4 nitrogen and oxygen atoms in total. The minimum Gasteiger partial charge on any atom is -0.505 e. The van der Waals surface area contributed by atoms with Crippen molar-refractivity contribution in [3.05, 3.63) is 24.0 Å². The molecule has 0 aliphatic heterocycles. The molecule has 5 heteroatoms. The van der Waals surface area contributed by atoms with Crippen LogP contribution in [0.2, 0.25) is 0 Å². The van der Waals surface area contributed by atoms with Gasteiger partial charge in [0, 0.05) is 18.6 Å². The van der Waals surface area contributed by atoms with E-state index in [4.69, 9.17) is 11.6 Å². The number of hydrogen-bond acceptors (Lipinski definition) is 3. The third kappa shape index (κ3) is 5.04. The van der Waals surface area contributed by atoms with Crippen molar-refractivity contribution >= 4 is 17.5 Å². The van der Waals surface area contributed by atoms with Gasteiger partial charge in [-0.3, -0.25) is 9.78 Å². The van der Waals surface area contributed by atoms with E-state index in [0.717, 1.165) is 25.7 Å². The SMILES string of the molecule is O=C(NCCCCCCCl)c1ccncc1O. The highest BCUT2D eigenvalue weighted by molar-refractivity contribution is 6.17. The molecule has 0 bridgehead atoms. The fourth-order valence-electron chi connectivity index (χ4n) is 1.45. The van der Waals surface area contributed by atoms with Gasteiger partial charge in [-0.1, -0.05) is 12.8 Å². The zero-order valence-electron chi connectivity index (χ0n) is 9.66. The molecule has 0 unspecified atom stereocenters. The topological polar surface area (TPSA) is 62.2 Å². The summed E-state index contributed by atoms with van der Waals surface area (Å²) in [5.41, 5.74) is 0.265. The minimum absolute atomic E-state index is 0.0906. The van der Waals surface area contributed by atoms with E-state index in [-0.39, 0.29) is 17.2 Å². The number of rotatable bonds is 7. The molecule has 17 heavy (non-hydrogen) atoms. The van der Waals surface area contributed by atoms with Gasteiger partial charge in [0.05, 0.1) is 11.8 Å². The number of unbranched alkanes of at least 4 members (excludes halogenated alkanes) is 3. The van der Waals surface area contributed by atoms with E-state index in [2.05, 4.69) is 10.3 Å². The summed E-state index contributed by atoms with van der Waals surface area (Å²) in [6.07, 6.45) is 6.81. The molecule has 0 saturated carbocycles. The predicted octanol–water partition coefficient (Wildman–Crippen LogP) is 2.32. The Hall–Kier alpha value is -1.29. The lowest BCUT2D eigenvalue weighted by Crippen LogP contribution is -2.24. The summed E-state index contributed by atoms with van der Waals surface area (Å²) in [5, 5.41) is 12.2. The largest absolute Gasteiger partial charge is 0.505 e. The van der Waals surface area contributed by atoms with Crippen molar-refractivity contribution < 1.29 is 9.90 Å². The van der Waals surface area contributed by atoms with Crippen LogP contribution < -0.4 is 5.32 Å². The van der Waals surface area contributed by atoms with Gasteiger partial charge < -0.3 is 10.4 Å². The molecule has 1 heterocycles. The third-order valence-corrected chi connectivity index (χ3v) is 2.66. The highest BCUT2D eigenvalue weighted by Crippen LogP contribution is 2.13. The van der Waals surface area contributed by atoms with E-state index < -0.39 is 0 Å². The number of amides is 1. The van der Waals surface area contributed by atoms with E-state index in [1.165, 1.54) is 18.5 Å². The Balaban J connectivity index is 2.24. The molecule has 0 spiro atoms. The van der Waals surface area contributed by atoms with Crippen molar-refractivity contribution in [2.75, 3.05) is 12.4 Å². The monoisotopic (exact) mass is 256 g/mol. The summed E-state index contributed by atoms with van der Waals surface area (Å²) in [5.74, 6) is 0.339. The van der Waals surface area contributed by atoms with Crippen LogP contribution in [-0.4, -0.2) is 28.4 Å². The van der Waals surface area contributed by atoms with Gasteiger partial charge >= 0.3 is 0 Å². The van der Waals surface area contributed by atoms with Gasteiger partial charge in [0.25, 0.3) is 5.91 Å². The Kier molecular flexibility index (Phi) is 6.40. The van der Waals surface area contributed by atoms with Gasteiger partial charge in [-0.05, 0) is 18.9 Å². The van der Waals surface area contributed by atoms with Gasteiger partial charge in [-0.15, -0.1) is 11.6 Å². The van der Waals surface area contributed by atoms with Crippen LogP contribution in [0, 0.1) is 0 Å². The zero-order chi connectivity index (χ0) is 12.5. The second-order valence-corrected chi connectivity index (χ2v) is 4.13. The Morgan fingerprint density at radius 1 is 1.35 bits per heavy atom. The number of carbonyl (C=O) groups excluding carboxylic acids is 1. The van der Waals surface area contributed by atoms with Crippen molar-refractivity contribution in [1.82, 2.24) is 10.3 Å². The lowest BCUT2D eigenvalue weighted by atomic mass is 10.2. The Morgan fingerprint density at radius 3 is 2.82 bits per heavy atom. The first-order valence-electron chi connectivity index (χ1n) is 5.73.